The fourth-order valence-electron chi connectivity index (χ4n) is 3.55. The number of hydrogen-bond acceptors (Lipinski definition) is 5. The van der Waals surface area contributed by atoms with Gasteiger partial charge in [0.25, 0.3) is 0 Å². The van der Waals surface area contributed by atoms with Gasteiger partial charge in [-0.05, 0) is 18.1 Å². The van der Waals surface area contributed by atoms with Crippen LogP contribution in [0.2, 0.25) is 0 Å². The number of piperazine rings is 1. The van der Waals surface area contributed by atoms with Gasteiger partial charge in [0.15, 0.2) is 0 Å². The summed E-state index contributed by atoms with van der Waals surface area (Å²) in [4.78, 5) is 14.2. The first-order valence-corrected chi connectivity index (χ1v) is 9.91. The summed E-state index contributed by atoms with van der Waals surface area (Å²) >= 11 is 0. The molecule has 1 N–H and O–H groups in total. The molecule has 1 aliphatic rings. The third kappa shape index (κ3) is 4.87. The molecule has 0 bridgehead atoms. The SMILES string of the molecule is Cc1cc(N2CCN(Cc3ccccc3)CC2)nc(NCc2ccccc2)n1. The van der Waals surface area contributed by atoms with Crippen LogP contribution in [-0.2, 0) is 13.1 Å². The predicted molar refractivity (Wildman–Crippen MR) is 114 cm³/mol. The van der Waals surface area contributed by atoms with Crippen LogP contribution in [0.4, 0.5) is 11.8 Å². The Morgan fingerprint density at radius 1 is 0.821 bits per heavy atom. The topological polar surface area (TPSA) is 44.3 Å². The van der Waals surface area contributed by atoms with Gasteiger partial charge in [0.05, 0.1) is 0 Å². The molecule has 0 radical (unpaired) electrons. The minimum absolute atomic E-state index is 0.700. The highest BCUT2D eigenvalue weighted by molar-refractivity contribution is 5.45. The van der Waals surface area contributed by atoms with Gasteiger partial charge >= 0.3 is 0 Å². The molecule has 0 atom stereocenters. The van der Waals surface area contributed by atoms with E-state index in [4.69, 9.17) is 4.98 Å². The number of anilines is 2. The maximum Gasteiger partial charge on any atom is 0.225 e. The van der Waals surface area contributed by atoms with E-state index >= 15 is 0 Å². The highest BCUT2D eigenvalue weighted by Crippen LogP contribution is 2.18. The van der Waals surface area contributed by atoms with Crippen LogP contribution in [0.15, 0.2) is 66.7 Å². The monoisotopic (exact) mass is 373 g/mol. The highest BCUT2D eigenvalue weighted by Gasteiger charge is 2.19. The maximum atomic E-state index is 4.77. The van der Waals surface area contributed by atoms with Gasteiger partial charge in [-0.25, -0.2) is 4.98 Å². The van der Waals surface area contributed by atoms with E-state index in [0.717, 1.165) is 50.8 Å². The average Bonchev–Trinajstić information content (AvgIpc) is 2.74. The second-order valence-electron chi connectivity index (χ2n) is 7.28. The summed E-state index contributed by atoms with van der Waals surface area (Å²) < 4.78 is 0. The van der Waals surface area contributed by atoms with Crippen LogP contribution >= 0.6 is 0 Å². The zero-order valence-corrected chi connectivity index (χ0v) is 16.4. The van der Waals surface area contributed by atoms with E-state index in [-0.39, 0.29) is 0 Å². The molecule has 0 spiro atoms. The molecule has 5 heteroatoms. The standard InChI is InChI=1S/C23H27N5/c1-19-16-22(26-23(25-19)24-17-20-8-4-2-5-9-20)28-14-12-27(13-15-28)18-21-10-6-3-7-11-21/h2-11,16H,12-15,17-18H2,1H3,(H,24,25,26). The summed E-state index contributed by atoms with van der Waals surface area (Å²) in [6.45, 7) is 7.85. The van der Waals surface area contributed by atoms with Gasteiger partial charge in [0.1, 0.15) is 5.82 Å². The van der Waals surface area contributed by atoms with Crippen LogP contribution in [0.1, 0.15) is 16.8 Å². The molecule has 0 unspecified atom stereocenters. The molecule has 0 aliphatic carbocycles. The van der Waals surface area contributed by atoms with Crippen LogP contribution in [0.3, 0.4) is 0 Å². The van der Waals surface area contributed by atoms with Crippen molar-refractivity contribution in [3.8, 4) is 0 Å². The lowest BCUT2D eigenvalue weighted by atomic mass is 10.2. The van der Waals surface area contributed by atoms with E-state index in [2.05, 4.69) is 80.8 Å². The quantitative estimate of drug-likeness (QED) is 0.713. The fraction of sp³-hybridized carbons (Fsp3) is 0.304. The molecular weight excluding hydrogens is 346 g/mol. The zero-order valence-electron chi connectivity index (χ0n) is 16.4. The van der Waals surface area contributed by atoms with Crippen LogP contribution < -0.4 is 10.2 Å². The molecule has 28 heavy (non-hydrogen) atoms. The largest absolute Gasteiger partial charge is 0.354 e. The molecule has 144 valence electrons. The van der Waals surface area contributed by atoms with Gasteiger partial charge in [-0.15, -0.1) is 0 Å². The Hall–Kier alpha value is -2.92. The molecule has 0 amide bonds. The van der Waals surface area contributed by atoms with Gasteiger partial charge in [-0.1, -0.05) is 60.7 Å². The van der Waals surface area contributed by atoms with Crippen LogP contribution in [0.25, 0.3) is 0 Å². The Morgan fingerprint density at radius 2 is 1.46 bits per heavy atom. The van der Waals surface area contributed by atoms with Gasteiger partial charge in [-0.2, -0.15) is 4.98 Å². The van der Waals surface area contributed by atoms with Gasteiger partial charge in [0.2, 0.25) is 5.95 Å². The first-order valence-electron chi connectivity index (χ1n) is 9.91. The van der Waals surface area contributed by atoms with E-state index in [1.165, 1.54) is 11.1 Å². The normalized spacial score (nSPS) is 14.8. The van der Waals surface area contributed by atoms with E-state index < -0.39 is 0 Å². The predicted octanol–water partition coefficient (Wildman–Crippen LogP) is 3.72. The first kappa shape index (κ1) is 18.4. The average molecular weight is 374 g/mol. The fourth-order valence-corrected chi connectivity index (χ4v) is 3.55. The molecule has 2 heterocycles. The molecule has 2 aromatic carbocycles. The molecule has 1 aromatic heterocycles. The molecule has 0 saturated carbocycles. The van der Waals surface area contributed by atoms with Crippen LogP contribution in [-0.4, -0.2) is 41.0 Å². The number of aromatic nitrogens is 2. The Morgan fingerprint density at radius 3 is 2.14 bits per heavy atom. The summed E-state index contributed by atoms with van der Waals surface area (Å²) in [5, 5.41) is 3.36. The van der Waals surface area contributed by atoms with E-state index in [1.54, 1.807) is 0 Å². The molecular formula is C23H27N5. The van der Waals surface area contributed by atoms with Crippen LogP contribution in [0, 0.1) is 6.92 Å². The van der Waals surface area contributed by atoms with Gasteiger partial charge < -0.3 is 10.2 Å². The van der Waals surface area contributed by atoms with Crippen molar-refractivity contribution in [3.63, 3.8) is 0 Å². The van der Waals surface area contributed by atoms with Crippen LogP contribution in [0.5, 0.6) is 0 Å². The zero-order chi connectivity index (χ0) is 19.2. The van der Waals surface area contributed by atoms with Crippen molar-refractivity contribution in [1.82, 2.24) is 14.9 Å². The van der Waals surface area contributed by atoms with Crippen molar-refractivity contribution in [2.45, 2.75) is 20.0 Å². The minimum Gasteiger partial charge on any atom is -0.354 e. The Bertz CT molecular complexity index is 874. The summed E-state index contributed by atoms with van der Waals surface area (Å²) in [6.07, 6.45) is 0. The van der Waals surface area contributed by atoms with Crippen molar-refractivity contribution in [3.05, 3.63) is 83.6 Å². The van der Waals surface area contributed by atoms with Gasteiger partial charge in [-0.3, -0.25) is 4.90 Å². The smallest absolute Gasteiger partial charge is 0.225 e. The molecule has 4 rings (SSSR count). The van der Waals surface area contributed by atoms with Crippen molar-refractivity contribution < 1.29 is 0 Å². The minimum atomic E-state index is 0.700. The van der Waals surface area contributed by atoms with E-state index in [0.29, 0.717) is 5.95 Å². The molecule has 5 nitrogen and oxygen atoms in total. The number of rotatable bonds is 6. The second-order valence-corrected chi connectivity index (χ2v) is 7.28. The Balaban J connectivity index is 1.36. The number of hydrogen-bond donors (Lipinski definition) is 1. The van der Waals surface area contributed by atoms with E-state index in [1.807, 2.05) is 13.0 Å². The van der Waals surface area contributed by atoms with Crippen molar-refractivity contribution in [2.75, 3.05) is 36.4 Å². The maximum absolute atomic E-state index is 4.77. The van der Waals surface area contributed by atoms with Crippen molar-refractivity contribution in [2.24, 2.45) is 0 Å². The third-order valence-electron chi connectivity index (χ3n) is 5.08. The summed E-state index contributed by atoms with van der Waals surface area (Å²) in [5.41, 5.74) is 3.59. The van der Waals surface area contributed by atoms with E-state index in [9.17, 15) is 0 Å². The number of nitrogens with zero attached hydrogens (tertiary/aromatic N) is 4. The lowest BCUT2D eigenvalue weighted by Crippen LogP contribution is -2.46. The van der Waals surface area contributed by atoms with Crippen molar-refractivity contribution >= 4 is 11.8 Å². The molecule has 1 fully saturated rings. The number of nitrogens with one attached hydrogen (secondary N) is 1. The molecule has 1 aliphatic heterocycles. The van der Waals surface area contributed by atoms with Gasteiger partial charge in [0, 0.05) is 51.0 Å². The first-order chi connectivity index (χ1) is 13.8. The second kappa shape index (κ2) is 8.85. The Kier molecular flexibility index (Phi) is 5.83. The molecule has 1 saturated heterocycles. The Labute approximate surface area is 167 Å². The molecule has 3 aromatic rings. The summed E-state index contributed by atoms with van der Waals surface area (Å²) in [7, 11) is 0. The number of benzene rings is 2. The highest BCUT2D eigenvalue weighted by atomic mass is 15.3. The lowest BCUT2D eigenvalue weighted by molar-refractivity contribution is 0.249. The summed E-state index contributed by atoms with van der Waals surface area (Å²) in [6, 6.07) is 23.1. The third-order valence-corrected chi connectivity index (χ3v) is 5.08. The summed E-state index contributed by atoms with van der Waals surface area (Å²) in [5.74, 6) is 1.72. The number of aryl methyl sites for hydroxylation is 1. The lowest BCUT2D eigenvalue weighted by Gasteiger charge is -2.35. The van der Waals surface area contributed by atoms with Crippen molar-refractivity contribution in [1.29, 1.82) is 0 Å².